The van der Waals surface area contributed by atoms with Crippen LogP contribution in [0.5, 0.6) is 17.2 Å². The topological polar surface area (TPSA) is 90.2 Å². The van der Waals surface area contributed by atoms with E-state index in [-0.39, 0.29) is 29.1 Å². The number of hydrogen-bond donors (Lipinski definition) is 3. The Kier molecular flexibility index (Phi) is 7.07. The highest BCUT2D eigenvalue weighted by molar-refractivity contribution is 6.21. The van der Waals surface area contributed by atoms with Crippen LogP contribution >= 0.6 is 0 Å². The van der Waals surface area contributed by atoms with Crippen molar-refractivity contribution in [3.63, 3.8) is 0 Å². The van der Waals surface area contributed by atoms with Gasteiger partial charge in [0.15, 0.2) is 17.3 Å². The third-order valence-electron chi connectivity index (χ3n) is 7.03. The standard InChI is InChI=1S/C30H31NO5/c32-23-8-12-26-21(18-23)6-11-25(22-7-13-27(33)28(34)19-22)29(26)30(35)20-4-9-24(10-5-20)36-17-16-31-14-2-1-3-15-31/h4-9,11-13,18-19,24,32-34H,1-3,10,14-17H2. The van der Waals surface area contributed by atoms with E-state index >= 15 is 0 Å². The maximum absolute atomic E-state index is 13.8. The van der Waals surface area contributed by atoms with E-state index in [2.05, 4.69) is 4.90 Å². The summed E-state index contributed by atoms with van der Waals surface area (Å²) in [5.74, 6) is -0.492. The lowest BCUT2D eigenvalue weighted by atomic mass is 9.87. The Balaban J connectivity index is 1.38. The highest BCUT2D eigenvalue weighted by Gasteiger charge is 2.22. The lowest BCUT2D eigenvalue weighted by Gasteiger charge is -2.27. The van der Waals surface area contributed by atoms with E-state index in [9.17, 15) is 20.1 Å². The first-order valence-corrected chi connectivity index (χ1v) is 12.5. The minimum absolute atomic E-state index is 0.0516. The first-order valence-electron chi connectivity index (χ1n) is 12.5. The number of carbonyl (C=O) groups is 1. The van der Waals surface area contributed by atoms with Gasteiger partial charge in [-0.3, -0.25) is 4.79 Å². The highest BCUT2D eigenvalue weighted by Crippen LogP contribution is 2.37. The van der Waals surface area contributed by atoms with E-state index in [1.165, 1.54) is 31.4 Å². The lowest BCUT2D eigenvalue weighted by molar-refractivity contribution is 0.0609. The molecule has 0 bridgehead atoms. The van der Waals surface area contributed by atoms with Crippen molar-refractivity contribution in [1.82, 2.24) is 4.90 Å². The van der Waals surface area contributed by atoms with Crippen LogP contribution in [0.2, 0.25) is 0 Å². The molecule has 1 unspecified atom stereocenters. The van der Waals surface area contributed by atoms with Gasteiger partial charge < -0.3 is 25.0 Å². The molecule has 0 amide bonds. The summed E-state index contributed by atoms with van der Waals surface area (Å²) in [6.07, 6.45) is 10.1. The van der Waals surface area contributed by atoms with E-state index < -0.39 is 0 Å². The van der Waals surface area contributed by atoms with Gasteiger partial charge in [-0.05, 0) is 84.6 Å². The van der Waals surface area contributed by atoms with Crippen molar-refractivity contribution in [2.75, 3.05) is 26.2 Å². The number of nitrogens with zero attached hydrogens (tertiary/aromatic N) is 1. The number of hydrogen-bond acceptors (Lipinski definition) is 6. The van der Waals surface area contributed by atoms with E-state index in [1.807, 2.05) is 24.3 Å². The van der Waals surface area contributed by atoms with Crippen molar-refractivity contribution in [3.05, 3.63) is 77.9 Å². The van der Waals surface area contributed by atoms with Gasteiger partial charge in [-0.25, -0.2) is 0 Å². The van der Waals surface area contributed by atoms with Crippen molar-refractivity contribution in [2.45, 2.75) is 31.8 Å². The summed E-state index contributed by atoms with van der Waals surface area (Å²) >= 11 is 0. The van der Waals surface area contributed by atoms with Crippen LogP contribution in [0.15, 0.2) is 72.3 Å². The smallest absolute Gasteiger partial charge is 0.193 e. The Morgan fingerprint density at radius 1 is 0.944 bits per heavy atom. The maximum Gasteiger partial charge on any atom is 0.193 e. The van der Waals surface area contributed by atoms with Gasteiger partial charge in [-0.2, -0.15) is 0 Å². The normalized spacial score (nSPS) is 18.3. The number of fused-ring (bicyclic) bond motifs is 1. The van der Waals surface area contributed by atoms with E-state index in [4.69, 9.17) is 4.74 Å². The minimum atomic E-state index is -0.252. The number of rotatable bonds is 7. The molecule has 3 aromatic carbocycles. The first-order chi connectivity index (χ1) is 17.5. The summed E-state index contributed by atoms with van der Waals surface area (Å²) in [6, 6.07) is 13.1. The number of phenols is 3. The van der Waals surface area contributed by atoms with Gasteiger partial charge >= 0.3 is 0 Å². The van der Waals surface area contributed by atoms with Crippen LogP contribution in [-0.2, 0) is 4.74 Å². The van der Waals surface area contributed by atoms with Gasteiger partial charge in [0, 0.05) is 17.7 Å². The fourth-order valence-corrected chi connectivity index (χ4v) is 5.05. The fourth-order valence-electron chi connectivity index (χ4n) is 5.05. The largest absolute Gasteiger partial charge is 0.508 e. The summed E-state index contributed by atoms with van der Waals surface area (Å²) in [6.45, 7) is 3.90. The Morgan fingerprint density at radius 3 is 2.53 bits per heavy atom. The Bertz CT molecular complexity index is 1340. The maximum atomic E-state index is 13.8. The zero-order chi connectivity index (χ0) is 25.1. The Morgan fingerprint density at radius 2 is 1.78 bits per heavy atom. The Hall–Kier alpha value is -3.61. The molecular weight excluding hydrogens is 454 g/mol. The van der Waals surface area contributed by atoms with Crippen molar-refractivity contribution in [3.8, 4) is 28.4 Å². The van der Waals surface area contributed by atoms with Gasteiger partial charge in [0.25, 0.3) is 0 Å². The molecule has 1 aliphatic carbocycles. The van der Waals surface area contributed by atoms with Gasteiger partial charge in [0.1, 0.15) is 5.75 Å². The molecule has 0 spiro atoms. The van der Waals surface area contributed by atoms with Crippen molar-refractivity contribution >= 4 is 16.6 Å². The molecule has 3 N–H and O–H groups in total. The second-order valence-electron chi connectivity index (χ2n) is 9.49. The van der Waals surface area contributed by atoms with E-state index in [0.29, 0.717) is 40.7 Å². The summed E-state index contributed by atoms with van der Waals surface area (Å²) in [5.41, 5.74) is 2.32. The van der Waals surface area contributed by atoms with Gasteiger partial charge in [0.05, 0.1) is 12.7 Å². The fraction of sp³-hybridized carbons (Fsp3) is 0.300. The summed E-state index contributed by atoms with van der Waals surface area (Å²) < 4.78 is 6.06. The molecule has 1 atom stereocenters. The number of likely N-dealkylation sites (tertiary alicyclic amines) is 1. The van der Waals surface area contributed by atoms with Crippen LogP contribution in [0.1, 0.15) is 36.0 Å². The van der Waals surface area contributed by atoms with Gasteiger partial charge in [-0.15, -0.1) is 0 Å². The molecule has 0 aromatic heterocycles. The molecule has 1 aliphatic heterocycles. The molecule has 1 saturated heterocycles. The van der Waals surface area contributed by atoms with E-state index in [0.717, 1.165) is 25.0 Å². The predicted molar refractivity (Wildman–Crippen MR) is 141 cm³/mol. The third-order valence-corrected chi connectivity index (χ3v) is 7.03. The number of aromatic hydroxyl groups is 3. The van der Waals surface area contributed by atoms with Crippen LogP contribution in [0, 0.1) is 0 Å². The molecule has 0 radical (unpaired) electrons. The zero-order valence-electron chi connectivity index (χ0n) is 20.2. The highest BCUT2D eigenvalue weighted by atomic mass is 16.5. The summed E-state index contributed by atoms with van der Waals surface area (Å²) in [7, 11) is 0. The molecule has 6 nitrogen and oxygen atoms in total. The average molecular weight is 486 g/mol. The van der Waals surface area contributed by atoms with Crippen LogP contribution in [0.25, 0.3) is 21.9 Å². The number of Topliss-reactive ketones (excluding diaryl/α,β-unsaturated/α-hetero) is 1. The predicted octanol–water partition coefficient (Wildman–Crippen LogP) is 5.56. The minimum Gasteiger partial charge on any atom is -0.508 e. The number of piperidine rings is 1. The summed E-state index contributed by atoms with van der Waals surface area (Å²) in [5, 5.41) is 31.2. The number of ether oxygens (including phenoxy) is 1. The molecular formula is C30H31NO5. The molecule has 5 rings (SSSR count). The number of ketones is 1. The Labute approximate surface area is 210 Å². The van der Waals surface area contributed by atoms with Crippen LogP contribution in [-0.4, -0.2) is 58.3 Å². The van der Waals surface area contributed by atoms with Crippen LogP contribution in [0.3, 0.4) is 0 Å². The van der Waals surface area contributed by atoms with Gasteiger partial charge in [-0.1, -0.05) is 42.8 Å². The zero-order valence-corrected chi connectivity index (χ0v) is 20.2. The summed E-state index contributed by atoms with van der Waals surface area (Å²) in [4.78, 5) is 16.3. The molecule has 0 saturated carbocycles. The van der Waals surface area contributed by atoms with E-state index in [1.54, 1.807) is 30.3 Å². The number of carbonyl (C=O) groups excluding carboxylic acids is 1. The second kappa shape index (κ2) is 10.6. The monoisotopic (exact) mass is 485 g/mol. The molecule has 36 heavy (non-hydrogen) atoms. The molecule has 1 heterocycles. The first kappa shape index (κ1) is 24.1. The van der Waals surface area contributed by atoms with Crippen LogP contribution in [0.4, 0.5) is 0 Å². The van der Waals surface area contributed by atoms with Gasteiger partial charge in [0.2, 0.25) is 0 Å². The third kappa shape index (κ3) is 5.15. The second-order valence-corrected chi connectivity index (χ2v) is 9.49. The quantitative estimate of drug-likeness (QED) is 0.300. The SMILES string of the molecule is O=C(C1=CCC(OCCN2CCCCC2)C=C1)c1c(-c2ccc(O)c(O)c2)ccc2cc(O)ccc12. The molecule has 3 aromatic rings. The molecule has 6 heteroatoms. The van der Waals surface area contributed by atoms with Crippen molar-refractivity contribution < 1.29 is 24.9 Å². The molecule has 2 aliphatic rings. The average Bonchev–Trinajstić information content (AvgIpc) is 2.90. The van der Waals surface area contributed by atoms with Crippen molar-refractivity contribution in [2.24, 2.45) is 0 Å². The lowest BCUT2D eigenvalue weighted by Crippen LogP contribution is -2.33. The molecule has 186 valence electrons. The number of benzene rings is 3. The number of phenolic OH excluding ortho intramolecular Hbond substituents is 3. The van der Waals surface area contributed by atoms with Crippen LogP contribution < -0.4 is 0 Å². The number of allylic oxidation sites excluding steroid dienone is 2. The van der Waals surface area contributed by atoms with Crippen molar-refractivity contribution in [1.29, 1.82) is 0 Å². The molecule has 1 fully saturated rings.